The molecule has 0 spiro atoms. The van der Waals surface area contributed by atoms with Crippen molar-refractivity contribution in [3.05, 3.63) is 24.5 Å². The summed E-state index contributed by atoms with van der Waals surface area (Å²) in [5, 5.41) is 0. The average molecular weight is 259 g/mol. The van der Waals surface area contributed by atoms with Crippen molar-refractivity contribution >= 4 is 16.7 Å². The van der Waals surface area contributed by atoms with Gasteiger partial charge in [-0.3, -0.25) is 4.98 Å². The van der Waals surface area contributed by atoms with E-state index in [9.17, 15) is 0 Å². The molecule has 0 unspecified atom stereocenters. The van der Waals surface area contributed by atoms with Gasteiger partial charge in [0.05, 0.1) is 24.5 Å². The Morgan fingerprint density at radius 2 is 2.11 bits per heavy atom. The molecule has 0 radical (unpaired) electrons. The number of ether oxygens (including phenoxy) is 1. The van der Waals surface area contributed by atoms with Crippen LogP contribution in [-0.4, -0.2) is 30.7 Å². The maximum atomic E-state index is 5.19. The molecule has 2 rings (SSSR count). The van der Waals surface area contributed by atoms with Crippen LogP contribution in [0.25, 0.3) is 11.0 Å². The summed E-state index contributed by atoms with van der Waals surface area (Å²) in [7, 11) is 3.74. The van der Waals surface area contributed by atoms with Crippen LogP contribution < -0.4 is 9.64 Å². The standard InChI is InChI=1S/C15H21N3O/c1-11(2)6-8-18(3)14-5-7-16-13-9-12(19-4)10-17-15(13)14/h5,7,9-11H,6,8H2,1-4H3. The van der Waals surface area contributed by atoms with Crippen LogP contribution in [0.3, 0.4) is 0 Å². The topological polar surface area (TPSA) is 38.2 Å². The molecule has 0 saturated carbocycles. The summed E-state index contributed by atoms with van der Waals surface area (Å²) >= 11 is 0. The number of anilines is 1. The quantitative estimate of drug-likeness (QED) is 0.827. The first-order valence-corrected chi connectivity index (χ1v) is 6.61. The fourth-order valence-corrected chi connectivity index (χ4v) is 1.99. The lowest BCUT2D eigenvalue weighted by Crippen LogP contribution is -2.20. The van der Waals surface area contributed by atoms with E-state index in [4.69, 9.17) is 4.74 Å². The predicted octanol–water partition coefficient (Wildman–Crippen LogP) is 3.12. The molecule has 0 saturated heterocycles. The number of pyridine rings is 2. The normalized spacial score (nSPS) is 11.0. The molecular weight excluding hydrogens is 238 g/mol. The van der Waals surface area contributed by atoms with Crippen LogP contribution in [0, 0.1) is 5.92 Å². The second kappa shape index (κ2) is 5.87. The lowest BCUT2D eigenvalue weighted by molar-refractivity contribution is 0.413. The third kappa shape index (κ3) is 3.13. The minimum atomic E-state index is 0.698. The Labute approximate surface area is 114 Å². The van der Waals surface area contributed by atoms with Crippen LogP contribution in [0.4, 0.5) is 5.69 Å². The molecule has 19 heavy (non-hydrogen) atoms. The van der Waals surface area contributed by atoms with Crippen LogP contribution in [0.2, 0.25) is 0 Å². The monoisotopic (exact) mass is 259 g/mol. The Hall–Kier alpha value is -1.84. The number of hydrogen-bond donors (Lipinski definition) is 0. The molecule has 0 amide bonds. The summed E-state index contributed by atoms with van der Waals surface area (Å²) < 4.78 is 5.19. The van der Waals surface area contributed by atoms with Gasteiger partial charge < -0.3 is 9.64 Å². The lowest BCUT2D eigenvalue weighted by atomic mass is 10.1. The summed E-state index contributed by atoms with van der Waals surface area (Å²) in [5.41, 5.74) is 2.91. The second-order valence-electron chi connectivity index (χ2n) is 5.18. The molecule has 0 fully saturated rings. The van der Waals surface area contributed by atoms with Crippen molar-refractivity contribution in [3.8, 4) is 5.75 Å². The third-order valence-electron chi connectivity index (χ3n) is 3.22. The van der Waals surface area contributed by atoms with E-state index in [2.05, 4.69) is 35.8 Å². The van der Waals surface area contributed by atoms with E-state index in [0.29, 0.717) is 5.92 Å². The van der Waals surface area contributed by atoms with E-state index in [0.717, 1.165) is 35.4 Å². The third-order valence-corrected chi connectivity index (χ3v) is 3.22. The molecule has 0 aliphatic rings. The van der Waals surface area contributed by atoms with Crippen LogP contribution in [0.1, 0.15) is 20.3 Å². The number of nitrogens with zero attached hydrogens (tertiary/aromatic N) is 3. The van der Waals surface area contributed by atoms with Crippen molar-refractivity contribution in [2.75, 3.05) is 25.6 Å². The zero-order chi connectivity index (χ0) is 13.8. The van der Waals surface area contributed by atoms with Crippen LogP contribution in [-0.2, 0) is 0 Å². The first-order valence-electron chi connectivity index (χ1n) is 6.61. The molecule has 0 aliphatic carbocycles. The number of fused-ring (bicyclic) bond motifs is 1. The molecule has 2 aromatic heterocycles. The van der Waals surface area contributed by atoms with Gasteiger partial charge in [-0.2, -0.15) is 0 Å². The molecule has 0 aliphatic heterocycles. The van der Waals surface area contributed by atoms with Gasteiger partial charge in [0.1, 0.15) is 11.3 Å². The van der Waals surface area contributed by atoms with E-state index < -0.39 is 0 Å². The zero-order valence-corrected chi connectivity index (χ0v) is 12.1. The Morgan fingerprint density at radius 1 is 1.32 bits per heavy atom. The molecule has 2 heterocycles. The second-order valence-corrected chi connectivity index (χ2v) is 5.18. The van der Waals surface area contributed by atoms with Crippen molar-refractivity contribution in [1.82, 2.24) is 9.97 Å². The Bertz CT molecular complexity index is 554. The van der Waals surface area contributed by atoms with E-state index >= 15 is 0 Å². The molecule has 0 N–H and O–H groups in total. The van der Waals surface area contributed by atoms with Crippen molar-refractivity contribution in [2.45, 2.75) is 20.3 Å². The van der Waals surface area contributed by atoms with E-state index in [-0.39, 0.29) is 0 Å². The Kier molecular flexibility index (Phi) is 4.20. The molecule has 2 aromatic rings. The Morgan fingerprint density at radius 3 is 2.79 bits per heavy atom. The maximum absolute atomic E-state index is 5.19. The highest BCUT2D eigenvalue weighted by atomic mass is 16.5. The predicted molar refractivity (Wildman–Crippen MR) is 78.8 cm³/mol. The summed E-state index contributed by atoms with van der Waals surface area (Å²) in [5.74, 6) is 1.44. The van der Waals surface area contributed by atoms with Gasteiger partial charge in [-0.25, -0.2) is 4.98 Å². The van der Waals surface area contributed by atoms with Crippen LogP contribution >= 0.6 is 0 Å². The summed E-state index contributed by atoms with van der Waals surface area (Å²) in [6.45, 7) is 5.49. The minimum Gasteiger partial charge on any atom is -0.495 e. The molecule has 0 aromatic carbocycles. The molecule has 4 nitrogen and oxygen atoms in total. The van der Waals surface area contributed by atoms with Crippen molar-refractivity contribution in [3.63, 3.8) is 0 Å². The highest BCUT2D eigenvalue weighted by Gasteiger charge is 2.09. The fraction of sp³-hybridized carbons (Fsp3) is 0.467. The Balaban J connectivity index is 2.32. The lowest BCUT2D eigenvalue weighted by Gasteiger charge is -2.21. The largest absolute Gasteiger partial charge is 0.495 e. The van der Waals surface area contributed by atoms with Gasteiger partial charge in [0.25, 0.3) is 0 Å². The molecule has 4 heteroatoms. The molecular formula is C15H21N3O. The van der Waals surface area contributed by atoms with Gasteiger partial charge >= 0.3 is 0 Å². The number of aromatic nitrogens is 2. The van der Waals surface area contributed by atoms with Crippen molar-refractivity contribution in [2.24, 2.45) is 5.92 Å². The van der Waals surface area contributed by atoms with Crippen LogP contribution in [0.5, 0.6) is 5.75 Å². The van der Waals surface area contributed by atoms with E-state index in [1.165, 1.54) is 0 Å². The van der Waals surface area contributed by atoms with E-state index in [1.807, 2.05) is 18.3 Å². The highest BCUT2D eigenvalue weighted by Crippen LogP contribution is 2.25. The first kappa shape index (κ1) is 13.6. The molecule has 0 bridgehead atoms. The van der Waals surface area contributed by atoms with Gasteiger partial charge in [-0.15, -0.1) is 0 Å². The van der Waals surface area contributed by atoms with Crippen molar-refractivity contribution in [1.29, 1.82) is 0 Å². The van der Waals surface area contributed by atoms with Gasteiger partial charge in [-0.1, -0.05) is 13.8 Å². The zero-order valence-electron chi connectivity index (χ0n) is 12.1. The number of methoxy groups -OCH3 is 1. The minimum absolute atomic E-state index is 0.698. The summed E-state index contributed by atoms with van der Waals surface area (Å²) in [6.07, 6.45) is 4.73. The first-order chi connectivity index (χ1) is 9.11. The maximum Gasteiger partial charge on any atom is 0.139 e. The average Bonchev–Trinajstić information content (AvgIpc) is 2.43. The molecule has 0 atom stereocenters. The summed E-state index contributed by atoms with van der Waals surface area (Å²) in [4.78, 5) is 11.1. The number of hydrogen-bond acceptors (Lipinski definition) is 4. The van der Waals surface area contributed by atoms with E-state index in [1.54, 1.807) is 13.3 Å². The SMILES string of the molecule is COc1cnc2c(N(C)CCC(C)C)ccnc2c1. The van der Waals surface area contributed by atoms with Gasteiger partial charge in [-0.05, 0) is 18.4 Å². The van der Waals surface area contributed by atoms with Crippen LogP contribution in [0.15, 0.2) is 24.5 Å². The van der Waals surface area contributed by atoms with Gasteiger partial charge in [0.15, 0.2) is 0 Å². The smallest absolute Gasteiger partial charge is 0.139 e. The molecule has 102 valence electrons. The van der Waals surface area contributed by atoms with Gasteiger partial charge in [0.2, 0.25) is 0 Å². The highest BCUT2D eigenvalue weighted by molar-refractivity contribution is 5.88. The fourth-order valence-electron chi connectivity index (χ4n) is 1.99. The summed E-state index contributed by atoms with van der Waals surface area (Å²) in [6, 6.07) is 3.93. The van der Waals surface area contributed by atoms with Crippen molar-refractivity contribution < 1.29 is 4.74 Å². The number of rotatable bonds is 5. The van der Waals surface area contributed by atoms with Gasteiger partial charge in [0, 0.05) is 25.9 Å².